The number of nitrogens with zero attached hydrogens (tertiary/aromatic N) is 4. The zero-order chi connectivity index (χ0) is 21.7. The molecular weight excluding hydrogens is 376 g/mol. The van der Waals surface area contributed by atoms with Crippen molar-refractivity contribution in [2.75, 3.05) is 38.0 Å². The predicted molar refractivity (Wildman–Crippen MR) is 126 cm³/mol. The lowest BCUT2D eigenvalue weighted by atomic mass is 10.2. The first-order valence-corrected chi connectivity index (χ1v) is 9.53. The Hall–Kier alpha value is -3.80. The van der Waals surface area contributed by atoms with Crippen LogP contribution >= 0.6 is 0 Å². The molecule has 0 saturated carbocycles. The Labute approximate surface area is 177 Å². The van der Waals surface area contributed by atoms with E-state index in [0.717, 1.165) is 11.4 Å². The number of aliphatic imine (C=N–C) groups is 2. The maximum atomic E-state index is 10.3. The molecule has 6 nitrogen and oxygen atoms in total. The van der Waals surface area contributed by atoms with Gasteiger partial charge in [0.05, 0.1) is 11.4 Å². The van der Waals surface area contributed by atoms with E-state index in [1.54, 1.807) is 24.6 Å². The fourth-order valence-corrected chi connectivity index (χ4v) is 2.80. The molecule has 0 spiro atoms. The second-order valence-corrected chi connectivity index (χ2v) is 7.28. The summed E-state index contributed by atoms with van der Waals surface area (Å²) >= 11 is 0. The van der Waals surface area contributed by atoms with Crippen LogP contribution in [0.25, 0.3) is 0 Å². The molecule has 30 heavy (non-hydrogen) atoms. The molecule has 3 aromatic carbocycles. The molecule has 3 rings (SSSR count). The average Bonchev–Trinajstić information content (AvgIpc) is 2.72. The van der Waals surface area contributed by atoms with Crippen molar-refractivity contribution in [3.8, 4) is 11.5 Å². The smallest absolute Gasteiger partial charge is 0.126 e. The standard InChI is InChI=1S/C24H26N4O2/c1-27(2)19-11-9-17(23(29)13-19)15-25-21-7-5-6-8-22(21)26-16-18-10-12-20(28(3)4)14-24(18)30/h5-16,29-30H,1-4H3. The van der Waals surface area contributed by atoms with Gasteiger partial charge in [-0.25, -0.2) is 0 Å². The SMILES string of the molecule is CN(C)c1ccc(C=Nc2ccccc2N=Cc2ccc(N(C)C)cc2O)c(O)c1. The minimum Gasteiger partial charge on any atom is -0.507 e. The maximum Gasteiger partial charge on any atom is 0.126 e. The molecule has 0 heterocycles. The Balaban J connectivity index is 1.85. The van der Waals surface area contributed by atoms with E-state index in [4.69, 9.17) is 0 Å². The van der Waals surface area contributed by atoms with E-state index < -0.39 is 0 Å². The molecule has 3 aromatic rings. The fourth-order valence-electron chi connectivity index (χ4n) is 2.80. The van der Waals surface area contributed by atoms with E-state index >= 15 is 0 Å². The second kappa shape index (κ2) is 9.13. The molecule has 0 bridgehead atoms. The Morgan fingerprint density at radius 2 is 1.03 bits per heavy atom. The van der Waals surface area contributed by atoms with Gasteiger partial charge in [-0.15, -0.1) is 0 Å². The molecule has 0 saturated heterocycles. The van der Waals surface area contributed by atoms with Crippen LogP contribution in [0.2, 0.25) is 0 Å². The Morgan fingerprint density at radius 1 is 0.633 bits per heavy atom. The number of hydrogen-bond donors (Lipinski definition) is 2. The highest BCUT2D eigenvalue weighted by Gasteiger charge is 2.05. The molecular formula is C24H26N4O2. The lowest BCUT2D eigenvalue weighted by molar-refractivity contribution is 0.474. The van der Waals surface area contributed by atoms with Gasteiger partial charge >= 0.3 is 0 Å². The summed E-state index contributed by atoms with van der Waals surface area (Å²) in [5.41, 5.74) is 4.39. The van der Waals surface area contributed by atoms with Gasteiger partial charge in [0.15, 0.2) is 0 Å². The fraction of sp³-hybridized carbons (Fsp3) is 0.167. The van der Waals surface area contributed by atoms with Gasteiger partial charge in [0.1, 0.15) is 11.5 Å². The summed E-state index contributed by atoms with van der Waals surface area (Å²) in [6, 6.07) is 18.4. The molecule has 2 N–H and O–H groups in total. The third-order valence-corrected chi connectivity index (χ3v) is 4.63. The first-order valence-electron chi connectivity index (χ1n) is 9.53. The first kappa shape index (κ1) is 20.9. The van der Waals surface area contributed by atoms with Gasteiger partial charge in [0, 0.05) is 75.3 Å². The third-order valence-electron chi connectivity index (χ3n) is 4.63. The molecule has 0 fully saturated rings. The largest absolute Gasteiger partial charge is 0.507 e. The van der Waals surface area contributed by atoms with Crippen LogP contribution in [0.1, 0.15) is 11.1 Å². The number of para-hydroxylation sites is 2. The van der Waals surface area contributed by atoms with Crippen LogP contribution in [0.4, 0.5) is 22.7 Å². The van der Waals surface area contributed by atoms with Crippen LogP contribution in [0, 0.1) is 0 Å². The van der Waals surface area contributed by atoms with Crippen molar-refractivity contribution in [2.24, 2.45) is 9.98 Å². The van der Waals surface area contributed by atoms with Crippen LogP contribution in [0.3, 0.4) is 0 Å². The summed E-state index contributed by atoms with van der Waals surface area (Å²) < 4.78 is 0. The lowest BCUT2D eigenvalue weighted by Gasteiger charge is -2.13. The van der Waals surface area contributed by atoms with E-state index in [-0.39, 0.29) is 11.5 Å². The van der Waals surface area contributed by atoms with E-state index in [1.165, 1.54) is 0 Å². The first-order chi connectivity index (χ1) is 14.3. The quantitative estimate of drug-likeness (QED) is 0.585. The Morgan fingerprint density at radius 3 is 1.37 bits per heavy atom. The molecule has 0 aliphatic carbocycles. The molecule has 154 valence electrons. The van der Waals surface area contributed by atoms with Crippen LogP contribution in [0.15, 0.2) is 70.6 Å². The normalized spacial score (nSPS) is 11.3. The van der Waals surface area contributed by atoms with Crippen molar-refractivity contribution in [3.05, 3.63) is 71.8 Å². The van der Waals surface area contributed by atoms with Crippen LogP contribution in [-0.4, -0.2) is 50.8 Å². The molecule has 6 heteroatoms. The monoisotopic (exact) mass is 402 g/mol. The topological polar surface area (TPSA) is 71.7 Å². The van der Waals surface area contributed by atoms with Crippen molar-refractivity contribution in [1.82, 2.24) is 0 Å². The number of hydrogen-bond acceptors (Lipinski definition) is 6. The highest BCUT2D eigenvalue weighted by atomic mass is 16.3. The number of rotatable bonds is 6. The van der Waals surface area contributed by atoms with Crippen molar-refractivity contribution in [1.29, 1.82) is 0 Å². The molecule has 0 aliphatic heterocycles. The second-order valence-electron chi connectivity index (χ2n) is 7.28. The molecule has 0 atom stereocenters. The van der Waals surface area contributed by atoms with Crippen molar-refractivity contribution in [3.63, 3.8) is 0 Å². The predicted octanol–water partition coefficient (Wildman–Crippen LogP) is 4.73. The highest BCUT2D eigenvalue weighted by Crippen LogP contribution is 2.29. The van der Waals surface area contributed by atoms with Crippen molar-refractivity contribution >= 4 is 35.2 Å². The third kappa shape index (κ3) is 4.97. The maximum absolute atomic E-state index is 10.3. The zero-order valence-electron chi connectivity index (χ0n) is 17.6. The molecule has 0 radical (unpaired) electrons. The van der Waals surface area contributed by atoms with E-state index in [9.17, 15) is 10.2 Å². The van der Waals surface area contributed by atoms with Crippen molar-refractivity contribution in [2.45, 2.75) is 0 Å². The Kier molecular flexibility index (Phi) is 6.37. The van der Waals surface area contributed by atoms with Crippen molar-refractivity contribution < 1.29 is 10.2 Å². The molecule has 0 aromatic heterocycles. The molecule has 0 amide bonds. The minimum atomic E-state index is 0.164. The van der Waals surface area contributed by atoms with Gasteiger partial charge < -0.3 is 20.0 Å². The van der Waals surface area contributed by atoms with Gasteiger partial charge in [-0.1, -0.05) is 12.1 Å². The summed E-state index contributed by atoms with van der Waals surface area (Å²) in [4.78, 5) is 12.8. The van der Waals surface area contributed by atoms with E-state index in [1.807, 2.05) is 86.5 Å². The minimum absolute atomic E-state index is 0.164. The van der Waals surface area contributed by atoms with E-state index in [0.29, 0.717) is 22.5 Å². The number of phenolic OH excluding ortho intramolecular Hbond substituents is 2. The van der Waals surface area contributed by atoms with Gasteiger partial charge in [-0.2, -0.15) is 0 Å². The van der Waals surface area contributed by atoms with Gasteiger partial charge in [0.2, 0.25) is 0 Å². The van der Waals surface area contributed by atoms with Crippen LogP contribution in [-0.2, 0) is 0 Å². The number of aromatic hydroxyl groups is 2. The van der Waals surface area contributed by atoms with Gasteiger partial charge in [-0.05, 0) is 36.4 Å². The number of phenols is 2. The summed E-state index contributed by atoms with van der Waals surface area (Å²) in [6.45, 7) is 0. The Bertz CT molecular complexity index is 1000. The zero-order valence-corrected chi connectivity index (χ0v) is 17.6. The average molecular weight is 402 g/mol. The van der Waals surface area contributed by atoms with E-state index in [2.05, 4.69) is 9.98 Å². The van der Waals surface area contributed by atoms with Crippen LogP contribution in [0.5, 0.6) is 11.5 Å². The molecule has 0 aliphatic rings. The molecule has 0 unspecified atom stereocenters. The lowest BCUT2D eigenvalue weighted by Crippen LogP contribution is -2.08. The summed E-state index contributed by atoms with van der Waals surface area (Å²) in [6.07, 6.45) is 3.24. The summed E-state index contributed by atoms with van der Waals surface area (Å²) in [5.74, 6) is 0.327. The van der Waals surface area contributed by atoms with Crippen LogP contribution < -0.4 is 9.80 Å². The number of anilines is 2. The summed E-state index contributed by atoms with van der Waals surface area (Å²) in [7, 11) is 7.68. The summed E-state index contributed by atoms with van der Waals surface area (Å²) in [5, 5.41) is 20.5. The van der Waals surface area contributed by atoms with Gasteiger partial charge in [-0.3, -0.25) is 9.98 Å². The number of benzene rings is 3. The van der Waals surface area contributed by atoms with Gasteiger partial charge in [0.25, 0.3) is 0 Å². The highest BCUT2D eigenvalue weighted by molar-refractivity contribution is 5.90.